The summed E-state index contributed by atoms with van der Waals surface area (Å²) in [5.41, 5.74) is 7.74. The number of benzene rings is 3. The SMILES string of the molecule is C[Si](C)(C)O[C@@H]([C@H](OCc1ccccc1)[C@@H](OCc1ccccc1)[C@@H](COCc1ccccc1)OS(C)(=O)=O)n1ccc(N)nc1=O. The van der Waals surface area contributed by atoms with E-state index in [2.05, 4.69) is 4.98 Å². The van der Waals surface area contributed by atoms with Crippen LogP contribution in [0, 0.1) is 0 Å². The lowest BCUT2D eigenvalue weighted by molar-refractivity contribution is -0.181. The number of nitrogens with two attached hydrogens (primary N) is 1. The Balaban J connectivity index is 1.82. The van der Waals surface area contributed by atoms with Gasteiger partial charge in [0.05, 0.1) is 32.7 Å². The minimum Gasteiger partial charge on any atom is -0.395 e. The quantitative estimate of drug-likeness (QED) is 0.114. The molecule has 11 nitrogen and oxygen atoms in total. The van der Waals surface area contributed by atoms with E-state index in [4.69, 9.17) is 28.6 Å². The predicted molar refractivity (Wildman–Crippen MR) is 182 cm³/mol. The van der Waals surface area contributed by atoms with Crippen LogP contribution in [0.4, 0.5) is 5.82 Å². The molecule has 252 valence electrons. The molecule has 0 spiro atoms. The molecule has 1 heterocycles. The van der Waals surface area contributed by atoms with Crippen LogP contribution in [0.15, 0.2) is 108 Å². The van der Waals surface area contributed by atoms with Crippen molar-refractivity contribution in [3.05, 3.63) is 130 Å². The lowest BCUT2D eigenvalue weighted by Crippen LogP contribution is -2.53. The van der Waals surface area contributed by atoms with Crippen LogP contribution in [0.25, 0.3) is 0 Å². The summed E-state index contributed by atoms with van der Waals surface area (Å²) in [7, 11) is -6.47. The van der Waals surface area contributed by atoms with Crippen molar-refractivity contribution < 1.29 is 31.2 Å². The summed E-state index contributed by atoms with van der Waals surface area (Å²) >= 11 is 0. The van der Waals surface area contributed by atoms with E-state index in [0.29, 0.717) is 0 Å². The second kappa shape index (κ2) is 16.9. The standard InChI is InChI=1S/C34H43N3O8SSi/c1-46(39,40)44-29(25-41-22-26-14-8-5-9-15-26)31(42-23-27-16-10-6-11-17-27)32(43-24-28-18-12-7-13-19-28)33(45-47(2,3)4)37-21-20-30(35)36-34(37)38/h5-21,29,31-33H,22-25H2,1-4H3,(H2,35,36,38)/t29-,31+,32-,33+/m1/s1. The van der Waals surface area contributed by atoms with E-state index in [9.17, 15) is 13.2 Å². The number of aromatic nitrogens is 2. The summed E-state index contributed by atoms with van der Waals surface area (Å²) in [6.07, 6.45) is -2.08. The first kappa shape index (κ1) is 36.1. The van der Waals surface area contributed by atoms with Crippen LogP contribution < -0.4 is 11.4 Å². The van der Waals surface area contributed by atoms with E-state index in [1.165, 1.54) is 16.8 Å². The van der Waals surface area contributed by atoms with Gasteiger partial charge in [0.2, 0.25) is 0 Å². The van der Waals surface area contributed by atoms with Crippen molar-refractivity contribution in [2.45, 2.75) is 64.0 Å². The van der Waals surface area contributed by atoms with Gasteiger partial charge < -0.3 is 24.4 Å². The Kier molecular flexibility index (Phi) is 13.0. The molecule has 0 saturated carbocycles. The molecule has 0 aliphatic heterocycles. The normalized spacial score (nSPS) is 14.7. The first-order chi connectivity index (χ1) is 22.4. The van der Waals surface area contributed by atoms with Crippen LogP contribution in [0.3, 0.4) is 0 Å². The maximum atomic E-state index is 13.3. The number of hydrogen-bond donors (Lipinski definition) is 1. The van der Waals surface area contributed by atoms with E-state index in [-0.39, 0.29) is 32.2 Å². The highest BCUT2D eigenvalue weighted by atomic mass is 32.2. The molecule has 3 aromatic carbocycles. The number of hydrogen-bond acceptors (Lipinski definition) is 10. The molecule has 13 heteroatoms. The molecule has 4 aromatic rings. The van der Waals surface area contributed by atoms with Crippen LogP contribution in [-0.2, 0) is 52.8 Å². The van der Waals surface area contributed by atoms with Gasteiger partial charge in [-0.05, 0) is 42.4 Å². The number of ether oxygens (including phenoxy) is 3. The molecule has 0 bridgehead atoms. The lowest BCUT2D eigenvalue weighted by Gasteiger charge is -2.39. The Morgan fingerprint density at radius 2 is 1.26 bits per heavy atom. The van der Waals surface area contributed by atoms with Gasteiger partial charge in [-0.1, -0.05) is 91.0 Å². The Hall–Kier alpha value is -3.69. The summed E-state index contributed by atoms with van der Waals surface area (Å²) < 4.78 is 58.3. The smallest absolute Gasteiger partial charge is 0.351 e. The number of anilines is 1. The van der Waals surface area contributed by atoms with Gasteiger partial charge in [0.1, 0.15) is 24.1 Å². The van der Waals surface area contributed by atoms with Gasteiger partial charge in [-0.2, -0.15) is 13.4 Å². The largest absolute Gasteiger partial charge is 0.395 e. The zero-order chi connectivity index (χ0) is 33.9. The fourth-order valence-corrected chi connectivity index (χ4v) is 6.41. The van der Waals surface area contributed by atoms with Crippen molar-refractivity contribution in [3.8, 4) is 0 Å². The summed E-state index contributed by atoms with van der Waals surface area (Å²) in [4.78, 5) is 17.3. The molecule has 0 amide bonds. The molecule has 0 fully saturated rings. The fraction of sp³-hybridized carbons (Fsp3) is 0.353. The third kappa shape index (κ3) is 12.1. The maximum Gasteiger partial charge on any atom is 0.351 e. The first-order valence-electron chi connectivity index (χ1n) is 15.2. The third-order valence-corrected chi connectivity index (χ3v) is 8.38. The number of nitrogen functional groups attached to an aromatic ring is 1. The maximum absolute atomic E-state index is 13.3. The van der Waals surface area contributed by atoms with Gasteiger partial charge in [0.15, 0.2) is 14.5 Å². The van der Waals surface area contributed by atoms with Gasteiger partial charge in [-0.15, -0.1) is 0 Å². The van der Waals surface area contributed by atoms with E-state index in [0.717, 1.165) is 22.9 Å². The van der Waals surface area contributed by atoms with E-state index in [1.807, 2.05) is 111 Å². The Labute approximate surface area is 277 Å². The zero-order valence-electron chi connectivity index (χ0n) is 27.1. The summed E-state index contributed by atoms with van der Waals surface area (Å²) in [6, 6.07) is 29.8. The van der Waals surface area contributed by atoms with Crippen LogP contribution in [0.5, 0.6) is 0 Å². The third-order valence-electron chi connectivity index (χ3n) is 6.83. The van der Waals surface area contributed by atoms with Crippen molar-refractivity contribution in [2.75, 3.05) is 18.6 Å². The van der Waals surface area contributed by atoms with Crippen molar-refractivity contribution in [1.29, 1.82) is 0 Å². The fourth-order valence-electron chi connectivity index (χ4n) is 4.82. The van der Waals surface area contributed by atoms with Crippen LogP contribution in [-0.4, -0.2) is 57.5 Å². The lowest BCUT2D eigenvalue weighted by atomic mass is 10.1. The Morgan fingerprint density at radius 3 is 1.72 bits per heavy atom. The van der Waals surface area contributed by atoms with Gasteiger partial charge in [0.25, 0.3) is 10.1 Å². The molecular formula is C34H43N3O8SSi. The van der Waals surface area contributed by atoms with Gasteiger partial charge in [-0.25, -0.2) is 4.79 Å². The van der Waals surface area contributed by atoms with Crippen LogP contribution in [0.2, 0.25) is 19.6 Å². The number of rotatable bonds is 18. The highest BCUT2D eigenvalue weighted by molar-refractivity contribution is 7.86. The van der Waals surface area contributed by atoms with Crippen molar-refractivity contribution >= 4 is 24.3 Å². The Morgan fingerprint density at radius 1 is 0.766 bits per heavy atom. The molecule has 2 N–H and O–H groups in total. The highest BCUT2D eigenvalue weighted by Gasteiger charge is 2.43. The molecule has 0 aliphatic carbocycles. The second-order valence-electron chi connectivity index (χ2n) is 12.0. The van der Waals surface area contributed by atoms with Crippen molar-refractivity contribution in [3.63, 3.8) is 0 Å². The first-order valence-corrected chi connectivity index (χ1v) is 20.4. The van der Waals surface area contributed by atoms with E-state index in [1.54, 1.807) is 0 Å². The molecule has 0 unspecified atom stereocenters. The van der Waals surface area contributed by atoms with E-state index < -0.39 is 48.7 Å². The molecule has 0 radical (unpaired) electrons. The Bertz CT molecular complexity index is 1690. The monoisotopic (exact) mass is 681 g/mol. The molecule has 47 heavy (non-hydrogen) atoms. The second-order valence-corrected chi connectivity index (χ2v) is 18.1. The van der Waals surface area contributed by atoms with E-state index >= 15 is 0 Å². The average Bonchev–Trinajstić information content (AvgIpc) is 3.02. The summed E-state index contributed by atoms with van der Waals surface area (Å²) in [5.74, 6) is 0.0456. The highest BCUT2D eigenvalue weighted by Crippen LogP contribution is 2.30. The van der Waals surface area contributed by atoms with Crippen molar-refractivity contribution in [2.24, 2.45) is 0 Å². The van der Waals surface area contributed by atoms with Crippen molar-refractivity contribution in [1.82, 2.24) is 9.55 Å². The van der Waals surface area contributed by atoms with Gasteiger partial charge >= 0.3 is 5.69 Å². The van der Waals surface area contributed by atoms with Gasteiger partial charge in [-0.3, -0.25) is 8.75 Å². The topological polar surface area (TPSA) is 141 Å². The predicted octanol–water partition coefficient (Wildman–Crippen LogP) is 4.91. The van der Waals surface area contributed by atoms with Crippen LogP contribution >= 0.6 is 0 Å². The average molecular weight is 682 g/mol. The molecule has 1 aromatic heterocycles. The molecular weight excluding hydrogens is 639 g/mol. The van der Waals surface area contributed by atoms with Crippen LogP contribution in [0.1, 0.15) is 22.9 Å². The minimum atomic E-state index is -4.03. The molecule has 4 atom stereocenters. The molecule has 4 rings (SSSR count). The summed E-state index contributed by atoms with van der Waals surface area (Å²) in [6.45, 7) is 6.10. The summed E-state index contributed by atoms with van der Waals surface area (Å²) in [5, 5.41) is 0. The zero-order valence-corrected chi connectivity index (χ0v) is 28.9. The van der Waals surface area contributed by atoms with Gasteiger partial charge in [0, 0.05) is 6.20 Å². The molecule has 0 saturated heterocycles. The number of nitrogens with zero attached hydrogens (tertiary/aromatic N) is 2. The minimum absolute atomic E-state index is 0.0456. The molecule has 0 aliphatic rings.